The van der Waals surface area contributed by atoms with Crippen molar-refractivity contribution in [1.82, 2.24) is 4.98 Å². The number of halogens is 2. The Morgan fingerprint density at radius 2 is 1.66 bits per heavy atom. The van der Waals surface area contributed by atoms with Gasteiger partial charge in [0.1, 0.15) is 11.5 Å². The van der Waals surface area contributed by atoms with Gasteiger partial charge in [0.25, 0.3) is 5.91 Å². The summed E-state index contributed by atoms with van der Waals surface area (Å²) in [6.45, 7) is 0. The maximum Gasteiger partial charge on any atom is 0.337 e. The molecule has 1 saturated carbocycles. The highest BCUT2D eigenvalue weighted by Crippen LogP contribution is 2.35. The Hall–Kier alpha value is -4.36. The molecule has 4 aromatic rings. The fraction of sp³-hybridized carbons (Fsp3) is 0.179. The first-order valence-electron chi connectivity index (χ1n) is 12.2. The highest BCUT2D eigenvalue weighted by molar-refractivity contribution is 7.92. The quantitative estimate of drug-likeness (QED) is 0.230. The molecule has 1 aromatic heterocycles. The van der Waals surface area contributed by atoms with Crippen molar-refractivity contribution in [2.24, 2.45) is 0 Å². The summed E-state index contributed by atoms with van der Waals surface area (Å²) < 4.78 is 68.6. The smallest absolute Gasteiger partial charge is 0.337 e. The number of sulfone groups is 1. The van der Waals surface area contributed by atoms with Gasteiger partial charge in [-0.15, -0.1) is 0 Å². The van der Waals surface area contributed by atoms with Crippen LogP contribution in [0.2, 0.25) is 0 Å². The molecule has 13 heteroatoms. The molecule has 1 atom stereocenters. The summed E-state index contributed by atoms with van der Waals surface area (Å²) >= 11 is 1.01. The average Bonchev–Trinajstić information content (AvgIpc) is 3.75. The van der Waals surface area contributed by atoms with Crippen LogP contribution in [0.15, 0.2) is 77.8 Å². The summed E-state index contributed by atoms with van der Waals surface area (Å²) in [7, 11) is -2.18. The van der Waals surface area contributed by atoms with E-state index in [1.54, 1.807) is 12.1 Å². The zero-order chi connectivity index (χ0) is 29.1. The lowest BCUT2D eigenvalue weighted by molar-refractivity contribution is -0.123. The lowest BCUT2D eigenvalue weighted by Crippen LogP contribution is -2.25. The summed E-state index contributed by atoms with van der Waals surface area (Å²) in [6, 6.07) is 14.7. The Labute approximate surface area is 237 Å². The van der Waals surface area contributed by atoms with Gasteiger partial charge in [-0.05, 0) is 61.4 Å². The number of methoxy groups -OCH3 is 1. The van der Waals surface area contributed by atoms with Crippen LogP contribution in [0.4, 0.5) is 13.9 Å². The molecule has 0 bridgehead atoms. The van der Waals surface area contributed by atoms with Gasteiger partial charge in [0.05, 0.1) is 29.0 Å². The van der Waals surface area contributed by atoms with E-state index in [0.29, 0.717) is 29.2 Å². The second-order valence-electron chi connectivity index (χ2n) is 8.98. The SMILES string of the molecule is COC(=O)c1ccc(Oc2cnc(NC(=O)C(Oc3ccc(F)c(F)c3)c3ccc(S(=O)(=O)C4CC4)cc3)s2)cc1. The van der Waals surface area contributed by atoms with E-state index in [0.717, 1.165) is 23.5 Å². The van der Waals surface area contributed by atoms with Gasteiger partial charge in [0, 0.05) is 11.6 Å². The van der Waals surface area contributed by atoms with Crippen LogP contribution in [-0.4, -0.2) is 37.6 Å². The molecule has 0 radical (unpaired) electrons. The van der Waals surface area contributed by atoms with E-state index in [4.69, 9.17) is 9.47 Å². The highest BCUT2D eigenvalue weighted by atomic mass is 32.2. The van der Waals surface area contributed by atoms with Gasteiger partial charge < -0.3 is 14.2 Å². The summed E-state index contributed by atoms with van der Waals surface area (Å²) in [6.07, 6.45) is 1.23. The molecule has 1 N–H and O–H groups in total. The molecular formula is C28H22F2N2O7S2. The number of nitrogens with one attached hydrogen (secondary N) is 1. The number of benzene rings is 3. The largest absolute Gasteiger partial charge is 0.476 e. The molecule has 0 saturated heterocycles. The lowest BCUT2D eigenvalue weighted by atomic mass is 10.1. The van der Waals surface area contributed by atoms with Crippen molar-refractivity contribution >= 4 is 38.2 Å². The third kappa shape index (κ3) is 6.52. The third-order valence-electron chi connectivity index (χ3n) is 6.07. The Balaban J connectivity index is 1.34. The van der Waals surface area contributed by atoms with Crippen LogP contribution >= 0.6 is 11.3 Å². The highest BCUT2D eigenvalue weighted by Gasteiger charge is 2.37. The molecule has 1 amide bonds. The van der Waals surface area contributed by atoms with Crippen molar-refractivity contribution in [2.75, 3.05) is 12.4 Å². The number of hydrogen-bond acceptors (Lipinski definition) is 9. The van der Waals surface area contributed by atoms with Crippen LogP contribution in [-0.2, 0) is 19.4 Å². The molecule has 212 valence electrons. The zero-order valence-electron chi connectivity index (χ0n) is 21.4. The number of carbonyl (C=O) groups is 2. The normalized spacial score (nSPS) is 13.7. The van der Waals surface area contributed by atoms with Crippen LogP contribution in [0.25, 0.3) is 0 Å². The number of amides is 1. The number of rotatable bonds is 10. The van der Waals surface area contributed by atoms with Gasteiger partial charge in [-0.3, -0.25) is 10.1 Å². The Kier molecular flexibility index (Phi) is 7.99. The standard InChI is InChI=1S/C28H22F2N2O7S2/c1-37-27(34)17-2-6-18(7-3-17)38-24-15-31-28(40-24)32-26(33)25(39-19-8-13-22(29)23(30)14-19)16-4-9-20(10-5-16)41(35,36)21-11-12-21/h2-10,13-15,21,25H,11-12H2,1H3,(H,31,32,33). The molecule has 1 fully saturated rings. The first-order chi connectivity index (χ1) is 19.6. The molecule has 9 nitrogen and oxygen atoms in total. The van der Waals surface area contributed by atoms with Gasteiger partial charge in [-0.1, -0.05) is 23.5 Å². The van der Waals surface area contributed by atoms with E-state index in [1.807, 2.05) is 0 Å². The van der Waals surface area contributed by atoms with E-state index >= 15 is 0 Å². The maximum atomic E-state index is 13.8. The summed E-state index contributed by atoms with van der Waals surface area (Å²) in [5.74, 6) is -3.12. The minimum absolute atomic E-state index is 0.114. The second kappa shape index (κ2) is 11.6. The maximum absolute atomic E-state index is 13.8. The van der Waals surface area contributed by atoms with Crippen molar-refractivity contribution in [1.29, 1.82) is 0 Å². The van der Waals surface area contributed by atoms with Crippen LogP contribution < -0.4 is 14.8 Å². The Morgan fingerprint density at radius 3 is 2.29 bits per heavy atom. The zero-order valence-corrected chi connectivity index (χ0v) is 23.0. The predicted molar refractivity (Wildman–Crippen MR) is 145 cm³/mol. The number of aromatic nitrogens is 1. The summed E-state index contributed by atoms with van der Waals surface area (Å²) in [4.78, 5) is 29.2. The Bertz CT molecular complexity index is 1690. The number of nitrogens with zero attached hydrogens (tertiary/aromatic N) is 1. The third-order valence-corrected chi connectivity index (χ3v) is 9.14. The topological polar surface area (TPSA) is 121 Å². The summed E-state index contributed by atoms with van der Waals surface area (Å²) in [5, 5.41) is 2.70. The van der Waals surface area contributed by atoms with Crippen molar-refractivity contribution < 1.29 is 41.0 Å². The number of thiazole rings is 1. The van der Waals surface area contributed by atoms with E-state index in [1.165, 1.54) is 55.8 Å². The van der Waals surface area contributed by atoms with Crippen molar-refractivity contribution in [3.63, 3.8) is 0 Å². The van der Waals surface area contributed by atoms with Crippen molar-refractivity contribution in [3.8, 4) is 16.6 Å². The average molecular weight is 601 g/mol. The number of esters is 1. The van der Waals surface area contributed by atoms with E-state index in [-0.39, 0.29) is 21.3 Å². The molecule has 0 spiro atoms. The molecule has 0 aliphatic heterocycles. The molecule has 5 rings (SSSR count). The minimum Gasteiger partial charge on any atom is -0.476 e. The van der Waals surface area contributed by atoms with Crippen LogP contribution in [0.3, 0.4) is 0 Å². The second-order valence-corrected chi connectivity index (χ2v) is 12.2. The van der Waals surface area contributed by atoms with Gasteiger partial charge in [0.15, 0.2) is 26.6 Å². The monoisotopic (exact) mass is 600 g/mol. The molecule has 1 aliphatic rings. The molecule has 1 aliphatic carbocycles. The Morgan fingerprint density at radius 1 is 0.976 bits per heavy atom. The van der Waals surface area contributed by atoms with Crippen molar-refractivity contribution in [3.05, 3.63) is 95.7 Å². The van der Waals surface area contributed by atoms with E-state index in [2.05, 4.69) is 15.0 Å². The van der Waals surface area contributed by atoms with Gasteiger partial charge in [-0.2, -0.15) is 0 Å². The van der Waals surface area contributed by atoms with Crippen LogP contribution in [0, 0.1) is 11.6 Å². The van der Waals surface area contributed by atoms with Crippen molar-refractivity contribution in [2.45, 2.75) is 29.1 Å². The van der Waals surface area contributed by atoms with Gasteiger partial charge in [0.2, 0.25) is 11.2 Å². The van der Waals surface area contributed by atoms with E-state index < -0.39 is 44.7 Å². The molecule has 3 aromatic carbocycles. The van der Waals surface area contributed by atoms with Gasteiger partial charge >= 0.3 is 5.97 Å². The fourth-order valence-corrected chi connectivity index (χ4v) is 6.14. The number of carbonyl (C=O) groups excluding carboxylic acids is 2. The first-order valence-corrected chi connectivity index (χ1v) is 14.6. The number of anilines is 1. The molecule has 1 unspecified atom stereocenters. The predicted octanol–water partition coefficient (Wildman–Crippen LogP) is 5.70. The molecule has 41 heavy (non-hydrogen) atoms. The molecular weight excluding hydrogens is 578 g/mol. The minimum atomic E-state index is -3.46. The lowest BCUT2D eigenvalue weighted by Gasteiger charge is -2.19. The van der Waals surface area contributed by atoms with Crippen LogP contribution in [0.1, 0.15) is 34.9 Å². The number of ether oxygens (including phenoxy) is 3. The first kappa shape index (κ1) is 28.2. The summed E-state index contributed by atoms with van der Waals surface area (Å²) in [5.41, 5.74) is 0.628. The number of hydrogen-bond donors (Lipinski definition) is 1. The molecule has 1 heterocycles. The van der Waals surface area contributed by atoms with Gasteiger partial charge in [-0.25, -0.2) is 27.0 Å². The fourth-order valence-electron chi connectivity index (χ4n) is 3.79. The van der Waals surface area contributed by atoms with E-state index in [9.17, 15) is 26.8 Å². The van der Waals surface area contributed by atoms with Crippen LogP contribution in [0.5, 0.6) is 16.6 Å².